The van der Waals surface area contributed by atoms with E-state index in [-0.39, 0.29) is 11.5 Å². The van der Waals surface area contributed by atoms with Crippen molar-refractivity contribution in [2.45, 2.75) is 26.3 Å². The molecule has 0 bridgehead atoms. The summed E-state index contributed by atoms with van der Waals surface area (Å²) < 4.78 is 4.10. The molecule has 3 aromatic rings. The first-order valence-corrected chi connectivity index (χ1v) is 8.36. The molecule has 0 spiro atoms. The molecule has 8 nitrogen and oxygen atoms in total. The molecule has 1 N–H and O–H groups in total. The third-order valence-electron chi connectivity index (χ3n) is 4.44. The van der Waals surface area contributed by atoms with Gasteiger partial charge in [-0.3, -0.25) is 18.7 Å². The Morgan fingerprint density at radius 1 is 1.15 bits per heavy atom. The molecule has 0 saturated carbocycles. The molecule has 8 heteroatoms. The maximum absolute atomic E-state index is 12.4. The highest BCUT2D eigenvalue weighted by Crippen LogP contribution is 2.14. The van der Waals surface area contributed by atoms with Crippen LogP contribution in [-0.2, 0) is 25.4 Å². The van der Waals surface area contributed by atoms with Gasteiger partial charge in [0.2, 0.25) is 5.91 Å². The Labute approximate surface area is 149 Å². The molecular formula is C18H21N5O3. The summed E-state index contributed by atoms with van der Waals surface area (Å²) in [5.74, 6) is -0.0796. The van der Waals surface area contributed by atoms with Gasteiger partial charge in [-0.25, -0.2) is 9.78 Å². The van der Waals surface area contributed by atoms with Gasteiger partial charge in [-0.15, -0.1) is 0 Å². The molecule has 1 aromatic carbocycles. The zero-order valence-corrected chi connectivity index (χ0v) is 15.0. The highest BCUT2D eigenvalue weighted by molar-refractivity contribution is 5.91. The van der Waals surface area contributed by atoms with E-state index in [0.29, 0.717) is 30.6 Å². The second-order valence-corrected chi connectivity index (χ2v) is 6.28. The molecular weight excluding hydrogens is 334 g/mol. The Kier molecular flexibility index (Phi) is 4.75. The van der Waals surface area contributed by atoms with E-state index in [1.165, 1.54) is 17.9 Å². The molecule has 1 amide bonds. The quantitative estimate of drug-likeness (QED) is 0.743. The lowest BCUT2D eigenvalue weighted by molar-refractivity contribution is -0.116. The zero-order chi connectivity index (χ0) is 18.8. The predicted octanol–water partition coefficient (Wildman–Crippen LogP) is 1.16. The molecule has 0 radical (unpaired) electrons. The van der Waals surface area contributed by atoms with Crippen molar-refractivity contribution in [3.63, 3.8) is 0 Å². The van der Waals surface area contributed by atoms with Crippen molar-refractivity contribution in [2.24, 2.45) is 14.1 Å². The van der Waals surface area contributed by atoms with E-state index in [9.17, 15) is 14.4 Å². The third kappa shape index (κ3) is 3.17. The van der Waals surface area contributed by atoms with Crippen LogP contribution in [0.1, 0.15) is 18.4 Å². The standard InChI is InChI=1S/C18H21N5O3/c1-12-7-4-5-8-13(12)20-14(24)9-6-10-23-11-19-16-15(23)17(25)22(3)18(26)21(16)2/h4-5,7-8,11H,6,9-10H2,1-3H3,(H,20,24). The summed E-state index contributed by atoms with van der Waals surface area (Å²) in [6.07, 6.45) is 2.40. The van der Waals surface area contributed by atoms with Crippen molar-refractivity contribution in [3.05, 3.63) is 57.0 Å². The lowest BCUT2D eigenvalue weighted by Gasteiger charge is -2.09. The van der Waals surface area contributed by atoms with Crippen LogP contribution >= 0.6 is 0 Å². The minimum Gasteiger partial charge on any atom is -0.326 e. The van der Waals surface area contributed by atoms with Crippen LogP contribution in [0.5, 0.6) is 0 Å². The average Bonchev–Trinajstić information content (AvgIpc) is 3.04. The number of rotatable bonds is 5. The van der Waals surface area contributed by atoms with Gasteiger partial charge in [0.25, 0.3) is 5.56 Å². The number of nitrogens with zero attached hydrogens (tertiary/aromatic N) is 4. The Bertz CT molecular complexity index is 1090. The van der Waals surface area contributed by atoms with Gasteiger partial charge in [-0.05, 0) is 25.0 Å². The smallest absolute Gasteiger partial charge is 0.326 e. The van der Waals surface area contributed by atoms with Gasteiger partial charge in [0.05, 0.1) is 6.33 Å². The molecule has 0 unspecified atom stereocenters. The number of nitrogens with one attached hydrogen (secondary N) is 1. The Morgan fingerprint density at radius 2 is 1.88 bits per heavy atom. The number of carbonyl (C=O) groups is 1. The van der Waals surface area contributed by atoms with Gasteiger partial charge < -0.3 is 9.88 Å². The van der Waals surface area contributed by atoms with Crippen molar-refractivity contribution in [1.82, 2.24) is 18.7 Å². The van der Waals surface area contributed by atoms with Crippen LogP contribution in [-0.4, -0.2) is 24.6 Å². The largest absolute Gasteiger partial charge is 0.332 e. The number of para-hydroxylation sites is 1. The van der Waals surface area contributed by atoms with Crippen LogP contribution < -0.4 is 16.6 Å². The molecule has 3 rings (SSSR count). The summed E-state index contributed by atoms with van der Waals surface area (Å²) in [6.45, 7) is 2.40. The number of hydrogen-bond acceptors (Lipinski definition) is 4. The predicted molar refractivity (Wildman–Crippen MR) is 99.3 cm³/mol. The Morgan fingerprint density at radius 3 is 2.62 bits per heavy atom. The second kappa shape index (κ2) is 6.99. The molecule has 136 valence electrons. The van der Waals surface area contributed by atoms with Crippen molar-refractivity contribution >= 4 is 22.8 Å². The molecule has 0 aliphatic carbocycles. The van der Waals surface area contributed by atoms with Gasteiger partial charge in [0.15, 0.2) is 11.2 Å². The summed E-state index contributed by atoms with van der Waals surface area (Å²) >= 11 is 0. The van der Waals surface area contributed by atoms with E-state index in [1.807, 2.05) is 31.2 Å². The maximum atomic E-state index is 12.4. The first-order chi connectivity index (χ1) is 12.4. The Hall–Kier alpha value is -3.16. The first kappa shape index (κ1) is 17.7. The molecule has 2 heterocycles. The van der Waals surface area contributed by atoms with Crippen LogP contribution in [0.25, 0.3) is 11.2 Å². The van der Waals surface area contributed by atoms with Crippen molar-refractivity contribution < 1.29 is 4.79 Å². The molecule has 2 aromatic heterocycles. The molecule has 0 fully saturated rings. The molecule has 0 saturated heterocycles. The first-order valence-electron chi connectivity index (χ1n) is 8.36. The van der Waals surface area contributed by atoms with Gasteiger partial charge >= 0.3 is 5.69 Å². The third-order valence-corrected chi connectivity index (χ3v) is 4.44. The van der Waals surface area contributed by atoms with Crippen LogP contribution in [0.4, 0.5) is 5.69 Å². The minimum absolute atomic E-state index is 0.0796. The maximum Gasteiger partial charge on any atom is 0.332 e. The summed E-state index contributed by atoms with van der Waals surface area (Å²) in [6, 6.07) is 7.59. The van der Waals surface area contributed by atoms with Crippen LogP contribution in [0, 0.1) is 6.92 Å². The Balaban J connectivity index is 1.71. The topological polar surface area (TPSA) is 90.9 Å². The molecule has 0 aliphatic heterocycles. The minimum atomic E-state index is -0.412. The van der Waals surface area contributed by atoms with Crippen LogP contribution in [0.15, 0.2) is 40.2 Å². The summed E-state index contributed by atoms with van der Waals surface area (Å²) in [5, 5.41) is 2.89. The summed E-state index contributed by atoms with van der Waals surface area (Å²) in [7, 11) is 3.02. The van der Waals surface area contributed by atoms with E-state index < -0.39 is 5.69 Å². The fraction of sp³-hybridized carbons (Fsp3) is 0.333. The lowest BCUT2D eigenvalue weighted by atomic mass is 10.2. The fourth-order valence-electron chi connectivity index (χ4n) is 2.90. The number of carbonyl (C=O) groups excluding carboxylic acids is 1. The van der Waals surface area contributed by atoms with Crippen molar-refractivity contribution in [1.29, 1.82) is 0 Å². The molecule has 0 aliphatic rings. The van der Waals surface area contributed by atoms with E-state index in [4.69, 9.17) is 0 Å². The van der Waals surface area contributed by atoms with Gasteiger partial charge in [0.1, 0.15) is 0 Å². The van der Waals surface area contributed by atoms with Crippen molar-refractivity contribution in [3.8, 4) is 0 Å². The highest BCUT2D eigenvalue weighted by atomic mass is 16.2. The van der Waals surface area contributed by atoms with E-state index in [0.717, 1.165) is 15.8 Å². The van der Waals surface area contributed by atoms with Crippen molar-refractivity contribution in [2.75, 3.05) is 5.32 Å². The number of aromatic nitrogens is 4. The fourth-order valence-corrected chi connectivity index (χ4v) is 2.90. The van der Waals surface area contributed by atoms with Gasteiger partial charge in [-0.1, -0.05) is 18.2 Å². The number of anilines is 1. The normalized spacial score (nSPS) is 11.0. The second-order valence-electron chi connectivity index (χ2n) is 6.28. The van der Waals surface area contributed by atoms with E-state index >= 15 is 0 Å². The average molecular weight is 355 g/mol. The number of imidazole rings is 1. The molecule has 0 atom stereocenters. The van der Waals surface area contributed by atoms with Crippen LogP contribution in [0.2, 0.25) is 0 Å². The van der Waals surface area contributed by atoms with Gasteiger partial charge in [-0.2, -0.15) is 0 Å². The number of benzene rings is 1. The van der Waals surface area contributed by atoms with E-state index in [1.54, 1.807) is 11.6 Å². The summed E-state index contributed by atoms with van der Waals surface area (Å²) in [4.78, 5) is 40.6. The number of aryl methyl sites for hydroxylation is 3. The van der Waals surface area contributed by atoms with E-state index in [2.05, 4.69) is 10.3 Å². The number of fused-ring (bicyclic) bond motifs is 1. The lowest BCUT2D eigenvalue weighted by Crippen LogP contribution is -2.37. The number of hydrogen-bond donors (Lipinski definition) is 1. The van der Waals surface area contributed by atoms with Crippen LogP contribution in [0.3, 0.4) is 0 Å². The monoisotopic (exact) mass is 355 g/mol. The summed E-state index contributed by atoms with van der Waals surface area (Å²) in [5.41, 5.74) is 1.73. The zero-order valence-electron chi connectivity index (χ0n) is 15.0. The molecule has 26 heavy (non-hydrogen) atoms. The SMILES string of the molecule is Cc1ccccc1NC(=O)CCCn1cnc2c1c(=O)n(C)c(=O)n2C. The van der Waals surface area contributed by atoms with Gasteiger partial charge in [0, 0.05) is 32.7 Å². The number of amides is 1. The highest BCUT2D eigenvalue weighted by Gasteiger charge is 2.14.